The van der Waals surface area contributed by atoms with E-state index in [4.69, 9.17) is 16.7 Å². The second kappa shape index (κ2) is 5.56. The minimum Gasteiger partial charge on any atom is -0.392 e. The van der Waals surface area contributed by atoms with Gasteiger partial charge in [-0.25, -0.2) is 4.98 Å². The smallest absolute Gasteiger partial charge is 0.251 e. The Hall–Kier alpha value is -1.30. The molecule has 0 amide bonds. The lowest BCUT2D eigenvalue weighted by atomic mass is 10.2. The van der Waals surface area contributed by atoms with Crippen molar-refractivity contribution in [1.82, 2.24) is 9.97 Å². The van der Waals surface area contributed by atoms with E-state index in [-0.39, 0.29) is 12.2 Å². The molecule has 0 fully saturated rings. The third-order valence-corrected chi connectivity index (χ3v) is 3.49. The second-order valence-electron chi connectivity index (χ2n) is 3.71. The summed E-state index contributed by atoms with van der Waals surface area (Å²) in [6.07, 6.45) is 0. The number of rotatable bonds is 3. The molecule has 6 heteroatoms. The van der Waals surface area contributed by atoms with Crippen LogP contribution in [-0.2, 0) is 6.61 Å². The van der Waals surface area contributed by atoms with Gasteiger partial charge in [0.1, 0.15) is 0 Å². The van der Waals surface area contributed by atoms with Gasteiger partial charge in [0.2, 0.25) is 0 Å². The molecule has 0 unspecified atom stereocenters. The maximum atomic E-state index is 11.3. The van der Waals surface area contributed by atoms with Gasteiger partial charge >= 0.3 is 0 Å². The maximum absolute atomic E-state index is 11.3. The summed E-state index contributed by atoms with van der Waals surface area (Å²) >= 11 is 7.31. The number of nitrogens with zero attached hydrogens (tertiary/aromatic N) is 1. The molecule has 18 heavy (non-hydrogen) atoms. The average molecular weight is 283 g/mol. The van der Waals surface area contributed by atoms with Crippen LogP contribution >= 0.6 is 23.4 Å². The van der Waals surface area contributed by atoms with Crippen molar-refractivity contribution < 1.29 is 5.11 Å². The van der Waals surface area contributed by atoms with E-state index in [0.717, 1.165) is 4.90 Å². The Labute approximate surface area is 113 Å². The third-order valence-electron chi connectivity index (χ3n) is 2.26. The van der Waals surface area contributed by atoms with Crippen LogP contribution < -0.4 is 5.56 Å². The van der Waals surface area contributed by atoms with E-state index in [1.54, 1.807) is 19.1 Å². The zero-order valence-electron chi connectivity index (χ0n) is 9.61. The molecule has 0 saturated carbocycles. The number of H-pyrrole nitrogens is 1. The summed E-state index contributed by atoms with van der Waals surface area (Å²) in [7, 11) is 0. The molecule has 2 rings (SSSR count). The molecule has 1 aromatic carbocycles. The molecule has 0 spiro atoms. The highest BCUT2D eigenvalue weighted by atomic mass is 35.5. The second-order valence-corrected chi connectivity index (χ2v) is 5.17. The Bertz CT molecular complexity index is 628. The molecule has 0 radical (unpaired) electrons. The highest BCUT2D eigenvalue weighted by Gasteiger charge is 2.05. The van der Waals surface area contributed by atoms with Crippen LogP contribution in [0.5, 0.6) is 0 Å². The number of aromatic nitrogens is 2. The Morgan fingerprint density at radius 3 is 2.83 bits per heavy atom. The summed E-state index contributed by atoms with van der Waals surface area (Å²) in [6.45, 7) is 1.67. The molecule has 94 valence electrons. The topological polar surface area (TPSA) is 66.0 Å². The predicted octanol–water partition coefficient (Wildman–Crippen LogP) is 2.38. The lowest BCUT2D eigenvalue weighted by Gasteiger charge is -2.04. The van der Waals surface area contributed by atoms with Crippen molar-refractivity contribution in [2.24, 2.45) is 0 Å². The molecule has 2 aromatic rings. The van der Waals surface area contributed by atoms with E-state index in [2.05, 4.69) is 9.97 Å². The minimum atomic E-state index is -0.178. The molecule has 0 saturated heterocycles. The molecule has 0 aliphatic heterocycles. The van der Waals surface area contributed by atoms with E-state index in [9.17, 15) is 4.79 Å². The highest BCUT2D eigenvalue weighted by molar-refractivity contribution is 7.99. The van der Waals surface area contributed by atoms with Crippen molar-refractivity contribution in [1.29, 1.82) is 0 Å². The number of aromatic amines is 1. The van der Waals surface area contributed by atoms with Gasteiger partial charge < -0.3 is 10.1 Å². The van der Waals surface area contributed by atoms with Crippen LogP contribution in [0.1, 0.15) is 11.3 Å². The summed E-state index contributed by atoms with van der Waals surface area (Å²) in [5.74, 6) is 0. The Balaban J connectivity index is 2.28. The van der Waals surface area contributed by atoms with Gasteiger partial charge in [0.15, 0.2) is 5.16 Å². The fourth-order valence-corrected chi connectivity index (χ4v) is 2.61. The molecule has 0 aliphatic rings. The van der Waals surface area contributed by atoms with Crippen LogP contribution in [0.15, 0.2) is 39.1 Å². The zero-order valence-corrected chi connectivity index (χ0v) is 11.2. The number of aryl methyl sites for hydroxylation is 1. The SMILES string of the molecule is Cc1cc(=O)[nH]c(Sc2ccc(CO)c(Cl)c2)n1. The molecule has 1 aromatic heterocycles. The van der Waals surface area contributed by atoms with Gasteiger partial charge in [0.05, 0.1) is 6.61 Å². The lowest BCUT2D eigenvalue weighted by Crippen LogP contribution is -2.07. The Morgan fingerprint density at radius 2 is 2.22 bits per heavy atom. The van der Waals surface area contributed by atoms with Gasteiger partial charge in [0.25, 0.3) is 5.56 Å². The standard InChI is InChI=1S/C12H11ClN2O2S/c1-7-4-11(17)15-12(14-7)18-9-3-2-8(6-16)10(13)5-9/h2-5,16H,6H2,1H3,(H,14,15,17). The predicted molar refractivity (Wildman–Crippen MR) is 71.1 cm³/mol. The number of benzene rings is 1. The number of aliphatic hydroxyl groups excluding tert-OH is 1. The van der Waals surface area contributed by atoms with Crippen LogP contribution in [0.2, 0.25) is 5.02 Å². The monoisotopic (exact) mass is 282 g/mol. The summed E-state index contributed by atoms with van der Waals surface area (Å²) in [5.41, 5.74) is 1.16. The van der Waals surface area contributed by atoms with Crippen LogP contribution in [0.4, 0.5) is 0 Å². The normalized spacial score (nSPS) is 10.6. The molecular weight excluding hydrogens is 272 g/mol. The van der Waals surface area contributed by atoms with Crippen LogP contribution in [0, 0.1) is 6.92 Å². The van der Waals surface area contributed by atoms with E-state index < -0.39 is 0 Å². The molecule has 0 atom stereocenters. The van der Waals surface area contributed by atoms with Crippen molar-refractivity contribution in [2.45, 2.75) is 23.6 Å². The van der Waals surface area contributed by atoms with Gasteiger partial charge in [-0.15, -0.1) is 0 Å². The van der Waals surface area contributed by atoms with Crippen molar-refractivity contribution in [3.8, 4) is 0 Å². The summed E-state index contributed by atoms with van der Waals surface area (Å²) in [4.78, 5) is 19.0. The van der Waals surface area contributed by atoms with Crippen molar-refractivity contribution in [2.75, 3.05) is 0 Å². The Morgan fingerprint density at radius 1 is 1.44 bits per heavy atom. The lowest BCUT2D eigenvalue weighted by molar-refractivity contribution is 0.282. The molecule has 4 nitrogen and oxygen atoms in total. The fourth-order valence-electron chi connectivity index (χ4n) is 1.43. The van der Waals surface area contributed by atoms with Crippen molar-refractivity contribution >= 4 is 23.4 Å². The fraction of sp³-hybridized carbons (Fsp3) is 0.167. The third kappa shape index (κ3) is 3.13. The van der Waals surface area contributed by atoms with Crippen LogP contribution in [-0.4, -0.2) is 15.1 Å². The minimum absolute atomic E-state index is 0.0939. The number of aliphatic hydroxyl groups is 1. The largest absolute Gasteiger partial charge is 0.392 e. The van der Waals surface area contributed by atoms with Crippen LogP contribution in [0.25, 0.3) is 0 Å². The van der Waals surface area contributed by atoms with Gasteiger partial charge in [-0.3, -0.25) is 4.79 Å². The summed E-state index contributed by atoms with van der Waals surface area (Å²) in [5, 5.41) is 10.0. The van der Waals surface area contributed by atoms with E-state index in [1.165, 1.54) is 17.8 Å². The summed E-state index contributed by atoms with van der Waals surface area (Å²) in [6, 6.07) is 6.75. The molecule has 0 bridgehead atoms. The number of nitrogens with one attached hydrogen (secondary N) is 1. The van der Waals surface area contributed by atoms with Crippen molar-refractivity contribution in [3.63, 3.8) is 0 Å². The first kappa shape index (κ1) is 13.1. The number of halogens is 1. The Kier molecular flexibility index (Phi) is 4.06. The molecule has 1 heterocycles. The quantitative estimate of drug-likeness (QED) is 0.848. The maximum Gasteiger partial charge on any atom is 0.251 e. The average Bonchev–Trinajstić information content (AvgIpc) is 2.27. The van der Waals surface area contributed by atoms with E-state index in [1.807, 2.05) is 6.07 Å². The molecular formula is C12H11ClN2O2S. The first-order chi connectivity index (χ1) is 8.58. The molecule has 2 N–H and O–H groups in total. The van der Waals surface area contributed by atoms with Gasteiger partial charge in [-0.2, -0.15) is 0 Å². The van der Waals surface area contributed by atoms with Crippen molar-refractivity contribution in [3.05, 3.63) is 50.9 Å². The van der Waals surface area contributed by atoms with Gasteiger partial charge in [-0.1, -0.05) is 29.4 Å². The number of hydrogen-bond acceptors (Lipinski definition) is 4. The van der Waals surface area contributed by atoms with E-state index in [0.29, 0.717) is 21.4 Å². The summed E-state index contributed by atoms with van der Waals surface area (Å²) < 4.78 is 0. The highest BCUT2D eigenvalue weighted by Crippen LogP contribution is 2.28. The van der Waals surface area contributed by atoms with Crippen LogP contribution in [0.3, 0.4) is 0 Å². The number of hydrogen-bond donors (Lipinski definition) is 2. The molecule has 0 aliphatic carbocycles. The first-order valence-electron chi connectivity index (χ1n) is 5.23. The van der Waals surface area contributed by atoms with Gasteiger partial charge in [0, 0.05) is 21.7 Å². The van der Waals surface area contributed by atoms with Gasteiger partial charge in [-0.05, 0) is 24.6 Å². The first-order valence-corrected chi connectivity index (χ1v) is 6.43. The van der Waals surface area contributed by atoms with E-state index >= 15 is 0 Å². The zero-order chi connectivity index (χ0) is 13.1.